The third kappa shape index (κ3) is 5.10. The van der Waals surface area contributed by atoms with Crippen LogP contribution < -0.4 is 11.1 Å². The van der Waals surface area contributed by atoms with Crippen LogP contribution in [0.5, 0.6) is 0 Å². The summed E-state index contributed by atoms with van der Waals surface area (Å²) < 4.78 is 6.80. The highest BCUT2D eigenvalue weighted by Gasteiger charge is 2.30. The van der Waals surface area contributed by atoms with Gasteiger partial charge < -0.3 is 10.5 Å². The van der Waals surface area contributed by atoms with Crippen LogP contribution in [0.4, 0.5) is 4.79 Å². The molecule has 0 spiro atoms. The molecule has 0 aliphatic heterocycles. The van der Waals surface area contributed by atoms with E-state index in [9.17, 15) is 14.4 Å². The Labute approximate surface area is 168 Å². The van der Waals surface area contributed by atoms with Crippen LogP contribution >= 0.6 is 11.6 Å². The number of nitrogens with one attached hydrogen (secondary N) is 1. The van der Waals surface area contributed by atoms with Crippen LogP contribution in [0, 0.1) is 19.8 Å². The minimum atomic E-state index is -1.20. The Morgan fingerprint density at radius 2 is 1.82 bits per heavy atom. The van der Waals surface area contributed by atoms with Gasteiger partial charge in [-0.25, -0.2) is 14.3 Å². The molecule has 8 nitrogen and oxygen atoms in total. The van der Waals surface area contributed by atoms with Crippen molar-refractivity contribution in [3.05, 3.63) is 51.8 Å². The molecule has 3 N–H and O–H groups in total. The van der Waals surface area contributed by atoms with Gasteiger partial charge in [0.15, 0.2) is 6.10 Å². The summed E-state index contributed by atoms with van der Waals surface area (Å²) in [6, 6.07) is 6.82. The van der Waals surface area contributed by atoms with Crippen LogP contribution in [0.25, 0.3) is 0 Å². The molecule has 2 aromatic rings. The summed E-state index contributed by atoms with van der Waals surface area (Å²) in [6.07, 6.45) is -1.20. The number of halogens is 1. The van der Waals surface area contributed by atoms with Crippen LogP contribution in [0.1, 0.15) is 41.0 Å². The molecule has 3 amide bonds. The Hall–Kier alpha value is -2.87. The standard InChI is InChI=1S/C19H23ClN4O4/c1-10(2)15(17(25)22-19(21)27)28-18(26)14-12(4)23-24(16(14)20)9-13-7-5-11(3)6-8-13/h5-8,10,15H,9H2,1-4H3,(H3,21,22,25,27)/t15-/m1/s1. The van der Waals surface area contributed by atoms with E-state index in [1.807, 2.05) is 36.5 Å². The molecule has 150 valence electrons. The lowest BCUT2D eigenvalue weighted by molar-refractivity contribution is -0.130. The summed E-state index contributed by atoms with van der Waals surface area (Å²) >= 11 is 6.36. The van der Waals surface area contributed by atoms with Crippen molar-refractivity contribution in [3.63, 3.8) is 0 Å². The normalized spacial score (nSPS) is 11.9. The number of aromatic nitrogens is 2. The first-order valence-corrected chi connectivity index (χ1v) is 9.07. The van der Waals surface area contributed by atoms with E-state index in [1.54, 1.807) is 20.8 Å². The van der Waals surface area contributed by atoms with Crippen LogP contribution in [-0.4, -0.2) is 33.8 Å². The number of esters is 1. The fourth-order valence-corrected chi connectivity index (χ4v) is 2.93. The SMILES string of the molecule is Cc1ccc(Cn2nc(C)c(C(=O)O[C@@H](C(=O)NC(N)=O)C(C)C)c2Cl)cc1. The average Bonchev–Trinajstić information content (AvgIpc) is 2.87. The van der Waals surface area contributed by atoms with E-state index in [-0.39, 0.29) is 16.6 Å². The van der Waals surface area contributed by atoms with Crippen LogP contribution in [0.2, 0.25) is 5.15 Å². The summed E-state index contributed by atoms with van der Waals surface area (Å²) in [6.45, 7) is 7.34. The van der Waals surface area contributed by atoms with E-state index in [4.69, 9.17) is 22.1 Å². The van der Waals surface area contributed by atoms with Crippen molar-refractivity contribution in [2.24, 2.45) is 11.7 Å². The first-order valence-electron chi connectivity index (χ1n) is 8.69. The maximum Gasteiger partial charge on any atom is 0.344 e. The van der Waals surface area contributed by atoms with E-state index in [2.05, 4.69) is 5.10 Å². The fraction of sp³-hybridized carbons (Fsp3) is 0.368. The second kappa shape index (κ2) is 8.88. The second-order valence-corrected chi connectivity index (χ2v) is 7.18. The van der Waals surface area contributed by atoms with E-state index in [0.29, 0.717) is 12.2 Å². The van der Waals surface area contributed by atoms with Crippen molar-refractivity contribution in [2.45, 2.75) is 40.3 Å². The van der Waals surface area contributed by atoms with Crippen LogP contribution in [0.3, 0.4) is 0 Å². The van der Waals surface area contributed by atoms with Crippen molar-refractivity contribution in [1.29, 1.82) is 0 Å². The lowest BCUT2D eigenvalue weighted by Crippen LogP contribution is -2.45. The van der Waals surface area contributed by atoms with Crippen molar-refractivity contribution >= 4 is 29.5 Å². The van der Waals surface area contributed by atoms with Crippen molar-refractivity contribution in [2.75, 3.05) is 0 Å². The molecule has 0 aliphatic rings. The van der Waals surface area contributed by atoms with E-state index in [1.165, 1.54) is 4.68 Å². The molecule has 0 bridgehead atoms. The topological polar surface area (TPSA) is 116 Å². The van der Waals surface area contributed by atoms with Gasteiger partial charge in [0, 0.05) is 0 Å². The lowest BCUT2D eigenvalue weighted by atomic mass is 10.1. The maximum absolute atomic E-state index is 12.6. The zero-order valence-corrected chi connectivity index (χ0v) is 16.9. The number of carbonyl (C=O) groups excluding carboxylic acids is 3. The average molecular weight is 407 g/mol. The molecule has 28 heavy (non-hydrogen) atoms. The third-order valence-corrected chi connectivity index (χ3v) is 4.45. The van der Waals surface area contributed by atoms with Crippen molar-refractivity contribution in [1.82, 2.24) is 15.1 Å². The Morgan fingerprint density at radius 3 is 2.36 bits per heavy atom. The van der Waals surface area contributed by atoms with Crippen LogP contribution in [0.15, 0.2) is 24.3 Å². The Kier molecular flexibility index (Phi) is 6.80. The predicted molar refractivity (Wildman–Crippen MR) is 104 cm³/mol. The Balaban J connectivity index is 2.22. The Morgan fingerprint density at radius 1 is 1.21 bits per heavy atom. The number of primary amides is 1. The molecule has 1 aromatic carbocycles. The van der Waals surface area contributed by atoms with E-state index >= 15 is 0 Å². The highest BCUT2D eigenvalue weighted by Crippen LogP contribution is 2.23. The number of nitrogens with two attached hydrogens (primary N) is 1. The number of amides is 3. The third-order valence-electron chi connectivity index (χ3n) is 4.07. The summed E-state index contributed by atoms with van der Waals surface area (Å²) in [5.74, 6) is -1.97. The molecular formula is C19H23ClN4O4. The number of ether oxygens (including phenoxy) is 1. The van der Waals surface area contributed by atoms with Crippen molar-refractivity contribution < 1.29 is 19.1 Å². The zero-order chi connectivity index (χ0) is 21.0. The van der Waals surface area contributed by atoms with Gasteiger partial charge in [-0.2, -0.15) is 5.10 Å². The summed E-state index contributed by atoms with van der Waals surface area (Å²) in [4.78, 5) is 35.6. The molecule has 0 unspecified atom stereocenters. The van der Waals surface area contributed by atoms with Gasteiger partial charge in [-0.05, 0) is 25.3 Å². The van der Waals surface area contributed by atoms with Gasteiger partial charge in [0.05, 0.1) is 12.2 Å². The highest BCUT2D eigenvalue weighted by atomic mass is 35.5. The lowest BCUT2D eigenvalue weighted by Gasteiger charge is -2.19. The molecule has 0 fully saturated rings. The molecule has 0 aliphatic carbocycles. The number of imide groups is 1. The first kappa shape index (κ1) is 21.4. The van der Waals surface area contributed by atoms with Gasteiger partial charge in [0.1, 0.15) is 10.7 Å². The number of aryl methyl sites for hydroxylation is 2. The fourth-order valence-electron chi connectivity index (χ4n) is 2.62. The molecule has 9 heteroatoms. The molecule has 1 atom stereocenters. The first-order chi connectivity index (χ1) is 13.1. The van der Waals surface area contributed by atoms with E-state index < -0.39 is 24.0 Å². The second-order valence-electron chi connectivity index (χ2n) is 6.82. The summed E-state index contributed by atoms with van der Waals surface area (Å²) in [7, 11) is 0. The number of rotatable bonds is 6. The Bertz CT molecular complexity index is 890. The van der Waals surface area contributed by atoms with Gasteiger partial charge in [-0.3, -0.25) is 10.1 Å². The quantitative estimate of drug-likeness (QED) is 0.715. The molecule has 0 saturated carbocycles. The number of nitrogens with zero attached hydrogens (tertiary/aromatic N) is 2. The van der Waals surface area contributed by atoms with Gasteiger partial charge in [-0.1, -0.05) is 55.3 Å². The van der Waals surface area contributed by atoms with Gasteiger partial charge in [-0.15, -0.1) is 0 Å². The monoisotopic (exact) mass is 406 g/mol. The number of hydrogen-bond acceptors (Lipinski definition) is 5. The van der Waals surface area contributed by atoms with Crippen LogP contribution in [-0.2, 0) is 16.1 Å². The highest BCUT2D eigenvalue weighted by molar-refractivity contribution is 6.32. The smallest absolute Gasteiger partial charge is 0.344 e. The van der Waals surface area contributed by atoms with Crippen molar-refractivity contribution in [3.8, 4) is 0 Å². The number of carbonyl (C=O) groups is 3. The van der Waals surface area contributed by atoms with Gasteiger partial charge in [0.25, 0.3) is 5.91 Å². The van der Waals surface area contributed by atoms with Gasteiger partial charge >= 0.3 is 12.0 Å². The van der Waals surface area contributed by atoms with E-state index in [0.717, 1.165) is 11.1 Å². The molecule has 1 aromatic heterocycles. The van der Waals surface area contributed by atoms with Gasteiger partial charge in [0.2, 0.25) is 0 Å². The number of urea groups is 1. The molecule has 2 rings (SSSR count). The minimum absolute atomic E-state index is 0.0753. The summed E-state index contributed by atoms with van der Waals surface area (Å²) in [5, 5.41) is 6.34. The predicted octanol–water partition coefficient (Wildman–Crippen LogP) is 2.58. The minimum Gasteiger partial charge on any atom is -0.448 e. The molecule has 1 heterocycles. The maximum atomic E-state index is 12.6. The zero-order valence-electron chi connectivity index (χ0n) is 16.2. The summed E-state index contributed by atoms with van der Waals surface area (Å²) in [5.41, 5.74) is 7.51. The molecular weight excluding hydrogens is 384 g/mol. The number of hydrogen-bond donors (Lipinski definition) is 2. The largest absolute Gasteiger partial charge is 0.448 e. The molecule has 0 radical (unpaired) electrons. The molecule has 0 saturated heterocycles. The number of benzene rings is 1.